The van der Waals surface area contributed by atoms with Crippen LogP contribution >= 0.6 is 11.3 Å². The van der Waals surface area contributed by atoms with E-state index in [1.54, 1.807) is 0 Å². The second-order valence-electron chi connectivity index (χ2n) is 7.29. The number of nitrogens with one attached hydrogen (secondary N) is 1. The number of aromatic carboxylic acids is 1. The molecule has 1 aliphatic carbocycles. The fourth-order valence-electron chi connectivity index (χ4n) is 4.08. The van der Waals surface area contributed by atoms with Crippen LogP contribution in [-0.4, -0.2) is 57.4 Å². The average Bonchev–Trinajstić information content (AvgIpc) is 3.18. The van der Waals surface area contributed by atoms with Crippen LogP contribution in [0.5, 0.6) is 0 Å². The maximum Gasteiger partial charge on any atom is 0.394 e. The predicted octanol–water partition coefficient (Wildman–Crippen LogP) is 1.15. The van der Waals surface area contributed by atoms with Crippen molar-refractivity contribution < 1.29 is 38.9 Å². The third kappa shape index (κ3) is 3.39. The zero-order valence-electron chi connectivity index (χ0n) is 15.7. The van der Waals surface area contributed by atoms with Gasteiger partial charge in [0.1, 0.15) is 5.00 Å². The van der Waals surface area contributed by atoms with Gasteiger partial charge in [-0.3, -0.25) is 19.3 Å². The summed E-state index contributed by atoms with van der Waals surface area (Å²) in [5, 5.41) is 20.4. The number of ether oxygens (including phenoxy) is 1. The van der Waals surface area contributed by atoms with Gasteiger partial charge in [0.2, 0.25) is 0 Å². The second kappa shape index (κ2) is 7.65. The van der Waals surface area contributed by atoms with Gasteiger partial charge in [0.05, 0.1) is 24.8 Å². The van der Waals surface area contributed by atoms with Crippen molar-refractivity contribution in [2.24, 2.45) is 0 Å². The molecule has 3 N–H and O–H groups in total. The lowest BCUT2D eigenvalue weighted by molar-refractivity contribution is -0.147. The van der Waals surface area contributed by atoms with Crippen molar-refractivity contribution in [3.63, 3.8) is 0 Å². The number of rotatable bonds is 4. The van der Waals surface area contributed by atoms with Gasteiger partial charge in [-0.2, -0.15) is 0 Å². The number of carboxylic acid groups (broad SMARTS) is 2. The maximum atomic E-state index is 12.6. The van der Waals surface area contributed by atoms with E-state index in [1.807, 2.05) is 0 Å². The Kier molecular flexibility index (Phi) is 5.16. The summed E-state index contributed by atoms with van der Waals surface area (Å²) in [6, 6.07) is 0. The molecule has 0 saturated carbocycles. The van der Waals surface area contributed by atoms with Crippen molar-refractivity contribution in [2.75, 3.05) is 11.9 Å². The molecule has 3 aliphatic rings. The number of carboxylic acids is 2. The van der Waals surface area contributed by atoms with Crippen LogP contribution in [0, 0.1) is 0 Å². The number of imide groups is 1. The lowest BCUT2D eigenvalue weighted by Gasteiger charge is -2.27. The molecule has 3 amide bonds. The van der Waals surface area contributed by atoms with E-state index in [0.717, 1.165) is 24.2 Å². The second-order valence-corrected chi connectivity index (χ2v) is 8.40. The van der Waals surface area contributed by atoms with Crippen molar-refractivity contribution in [3.05, 3.63) is 27.2 Å². The van der Waals surface area contributed by atoms with Crippen LogP contribution in [0.25, 0.3) is 0 Å². The molecule has 0 spiro atoms. The van der Waals surface area contributed by atoms with E-state index in [-0.39, 0.29) is 42.0 Å². The number of anilines is 1. The van der Waals surface area contributed by atoms with Crippen LogP contribution in [0.1, 0.15) is 46.5 Å². The average molecular weight is 434 g/mol. The van der Waals surface area contributed by atoms with E-state index >= 15 is 0 Å². The zero-order valence-corrected chi connectivity index (χ0v) is 16.5. The third-order valence-electron chi connectivity index (χ3n) is 5.47. The molecule has 1 unspecified atom stereocenters. The Morgan fingerprint density at radius 2 is 1.73 bits per heavy atom. The molecule has 3 heterocycles. The molecule has 0 saturated heterocycles. The molecule has 158 valence electrons. The summed E-state index contributed by atoms with van der Waals surface area (Å²) in [6.45, 7) is 0.0487. The normalized spacial score (nSPS) is 20.8. The molecule has 10 nitrogen and oxygen atoms in total. The van der Waals surface area contributed by atoms with Crippen molar-refractivity contribution in [2.45, 2.75) is 44.8 Å². The van der Waals surface area contributed by atoms with E-state index in [1.165, 1.54) is 4.90 Å². The van der Waals surface area contributed by atoms with Crippen LogP contribution < -0.4 is 5.32 Å². The van der Waals surface area contributed by atoms with Crippen molar-refractivity contribution in [1.82, 2.24) is 4.90 Å². The molecule has 1 aromatic heterocycles. The molecule has 0 aromatic carbocycles. The topological polar surface area (TPSA) is 150 Å². The third-order valence-corrected chi connectivity index (χ3v) is 6.59. The first-order valence-corrected chi connectivity index (χ1v) is 10.2. The Hall–Kier alpha value is -3.05. The Morgan fingerprint density at radius 3 is 2.30 bits per heavy atom. The number of nitrogens with zero attached hydrogens (tertiary/aromatic N) is 1. The number of hydrogen-bond donors (Lipinski definition) is 3. The number of carbonyl (C=O) groups is 5. The highest BCUT2D eigenvalue weighted by Gasteiger charge is 2.41. The Balaban J connectivity index is 1.54. The monoisotopic (exact) mass is 434 g/mol. The number of aliphatic carboxylic acids is 1. The molecule has 4 rings (SSSR count). The lowest BCUT2D eigenvalue weighted by atomic mass is 9.93. The predicted molar refractivity (Wildman–Crippen MR) is 102 cm³/mol. The highest BCUT2D eigenvalue weighted by molar-refractivity contribution is 7.17. The molecule has 30 heavy (non-hydrogen) atoms. The Bertz CT molecular complexity index is 996. The summed E-state index contributed by atoms with van der Waals surface area (Å²) in [6.07, 6.45) is 2.45. The molecule has 0 radical (unpaired) electrons. The van der Waals surface area contributed by atoms with Crippen LogP contribution in [0.15, 0.2) is 11.1 Å². The van der Waals surface area contributed by atoms with Crippen LogP contribution in [-0.2, 0) is 36.9 Å². The minimum Gasteiger partial charge on any atom is -0.478 e. The van der Waals surface area contributed by atoms with E-state index in [4.69, 9.17) is 9.84 Å². The number of fused-ring (bicyclic) bond motifs is 1. The summed E-state index contributed by atoms with van der Waals surface area (Å²) in [5.74, 6) is -4.98. The highest BCUT2D eigenvalue weighted by atomic mass is 32.1. The minimum absolute atomic E-state index is 0.00975. The summed E-state index contributed by atoms with van der Waals surface area (Å²) in [4.78, 5) is 61.0. The van der Waals surface area contributed by atoms with Crippen molar-refractivity contribution in [3.8, 4) is 0 Å². The molecule has 2 aliphatic heterocycles. The molecule has 1 atom stereocenters. The molecule has 0 bridgehead atoms. The molecular formula is C19H18N2O8S. The van der Waals surface area contributed by atoms with Crippen molar-refractivity contribution in [1.29, 1.82) is 0 Å². The van der Waals surface area contributed by atoms with E-state index < -0.39 is 23.9 Å². The van der Waals surface area contributed by atoms with Gasteiger partial charge in [0, 0.05) is 22.4 Å². The van der Waals surface area contributed by atoms with Gasteiger partial charge in [0.15, 0.2) is 0 Å². The standard InChI is InChI=1S/C19H18N2O8S/c22-14(19(27)28)20-15-13(18(25)26)11-5-8(29-7-12(11)30-15)6-21-16(23)9-3-1-2-4-10(9)17(21)24/h8H,1-7H2,(H,20,22)(H,25,26)(H,27,28). The summed E-state index contributed by atoms with van der Waals surface area (Å²) in [7, 11) is 0. The molecular weight excluding hydrogens is 416 g/mol. The van der Waals surface area contributed by atoms with E-state index in [2.05, 4.69) is 5.32 Å². The number of hydrogen-bond acceptors (Lipinski definition) is 7. The molecule has 1 aromatic rings. The van der Waals surface area contributed by atoms with Crippen LogP contribution in [0.3, 0.4) is 0 Å². The van der Waals surface area contributed by atoms with Gasteiger partial charge in [-0.15, -0.1) is 11.3 Å². The minimum atomic E-state index is -1.73. The van der Waals surface area contributed by atoms with Crippen LogP contribution in [0.4, 0.5) is 5.00 Å². The summed E-state index contributed by atoms with van der Waals surface area (Å²) >= 11 is 0.941. The summed E-state index contributed by atoms with van der Waals surface area (Å²) < 4.78 is 5.74. The largest absolute Gasteiger partial charge is 0.478 e. The van der Waals surface area contributed by atoms with Gasteiger partial charge in [-0.25, -0.2) is 9.59 Å². The first-order chi connectivity index (χ1) is 14.3. The van der Waals surface area contributed by atoms with Gasteiger partial charge in [-0.1, -0.05) is 0 Å². The van der Waals surface area contributed by atoms with Gasteiger partial charge in [0.25, 0.3) is 11.8 Å². The SMILES string of the molecule is O=C(O)C(=O)Nc1sc2c(c1C(=O)O)CC(CN1C(=O)C3=C(CCCC3)C1=O)OC2. The smallest absolute Gasteiger partial charge is 0.394 e. The highest BCUT2D eigenvalue weighted by Crippen LogP contribution is 2.39. The fourth-order valence-corrected chi connectivity index (χ4v) is 5.22. The molecule has 11 heteroatoms. The fraction of sp³-hybridized carbons (Fsp3) is 0.421. The van der Waals surface area contributed by atoms with Gasteiger partial charge in [-0.05, 0) is 31.2 Å². The maximum absolute atomic E-state index is 12.6. The Morgan fingerprint density at radius 1 is 1.10 bits per heavy atom. The van der Waals surface area contributed by atoms with Gasteiger partial charge >= 0.3 is 17.8 Å². The number of carbonyl (C=O) groups excluding carboxylic acids is 3. The van der Waals surface area contributed by atoms with E-state index in [0.29, 0.717) is 34.4 Å². The van der Waals surface area contributed by atoms with Gasteiger partial charge < -0.3 is 20.3 Å². The molecule has 0 fully saturated rings. The Labute approximate surface area is 174 Å². The van der Waals surface area contributed by atoms with E-state index in [9.17, 15) is 29.1 Å². The lowest BCUT2D eigenvalue weighted by Crippen LogP contribution is -2.41. The van der Waals surface area contributed by atoms with Crippen LogP contribution in [0.2, 0.25) is 0 Å². The first-order valence-electron chi connectivity index (χ1n) is 9.39. The quantitative estimate of drug-likeness (QED) is 0.472. The number of thiophene rings is 1. The number of amides is 3. The zero-order chi connectivity index (χ0) is 21.6. The summed E-state index contributed by atoms with van der Waals surface area (Å²) in [5.41, 5.74) is 1.38. The first kappa shape index (κ1) is 20.2. The van der Waals surface area contributed by atoms with Crippen molar-refractivity contribution >= 4 is 46.0 Å².